The van der Waals surface area contributed by atoms with Crippen LogP contribution >= 0.6 is 0 Å². The van der Waals surface area contributed by atoms with Gasteiger partial charge in [-0.1, -0.05) is 13.3 Å². The van der Waals surface area contributed by atoms with E-state index in [0.717, 1.165) is 19.4 Å². The smallest absolute Gasteiger partial charge is 0.144 e. The molecule has 1 aliphatic rings. The third-order valence-corrected chi connectivity index (χ3v) is 2.07. The molecule has 0 amide bonds. The van der Waals surface area contributed by atoms with Crippen LogP contribution in [0.15, 0.2) is 0 Å². The molecule has 0 radical (unpaired) electrons. The lowest BCUT2D eigenvalue weighted by molar-refractivity contribution is -0.351. The number of hydrogen-bond acceptors (Lipinski definition) is 3. The SMILES string of the molecule is CCCC(C)NC1CCCOO1. The van der Waals surface area contributed by atoms with E-state index in [0.29, 0.717) is 6.04 Å². The van der Waals surface area contributed by atoms with E-state index >= 15 is 0 Å². The molecular weight excluding hydrogens is 154 g/mol. The maximum atomic E-state index is 5.08. The quantitative estimate of drug-likeness (QED) is 0.658. The second-order valence-corrected chi connectivity index (χ2v) is 3.41. The van der Waals surface area contributed by atoms with Gasteiger partial charge in [0.05, 0.1) is 6.61 Å². The van der Waals surface area contributed by atoms with Gasteiger partial charge < -0.3 is 0 Å². The van der Waals surface area contributed by atoms with Gasteiger partial charge in [0.25, 0.3) is 0 Å². The number of rotatable bonds is 4. The third-order valence-electron chi connectivity index (χ3n) is 2.07. The Balaban J connectivity index is 2.11. The predicted octanol–water partition coefficient (Wildman–Crippen LogP) is 1.83. The standard InChI is InChI=1S/C9H19NO2/c1-3-5-8(2)10-9-6-4-7-11-12-9/h8-10H,3-7H2,1-2H3. The minimum Gasteiger partial charge on any atom is -0.287 e. The summed E-state index contributed by atoms with van der Waals surface area (Å²) in [7, 11) is 0. The van der Waals surface area contributed by atoms with E-state index < -0.39 is 0 Å². The van der Waals surface area contributed by atoms with Gasteiger partial charge in [-0.3, -0.25) is 5.32 Å². The zero-order valence-corrected chi connectivity index (χ0v) is 8.01. The summed E-state index contributed by atoms with van der Waals surface area (Å²) >= 11 is 0. The van der Waals surface area contributed by atoms with Crippen molar-refractivity contribution in [2.75, 3.05) is 6.61 Å². The first-order chi connectivity index (χ1) is 5.83. The largest absolute Gasteiger partial charge is 0.287 e. The van der Waals surface area contributed by atoms with Gasteiger partial charge in [-0.2, -0.15) is 0 Å². The molecule has 0 aromatic heterocycles. The van der Waals surface area contributed by atoms with Gasteiger partial charge in [0, 0.05) is 6.04 Å². The second kappa shape index (κ2) is 5.51. The van der Waals surface area contributed by atoms with Crippen LogP contribution in [0.2, 0.25) is 0 Å². The molecule has 1 N–H and O–H groups in total. The van der Waals surface area contributed by atoms with Crippen molar-refractivity contribution in [3.05, 3.63) is 0 Å². The van der Waals surface area contributed by atoms with Gasteiger partial charge in [0.2, 0.25) is 0 Å². The molecule has 2 unspecified atom stereocenters. The Hall–Kier alpha value is -0.120. The summed E-state index contributed by atoms with van der Waals surface area (Å²) in [6, 6.07) is 0.529. The molecule has 1 aliphatic heterocycles. The lowest BCUT2D eigenvalue weighted by Gasteiger charge is -2.25. The van der Waals surface area contributed by atoms with Crippen LogP contribution in [0.1, 0.15) is 39.5 Å². The molecular formula is C9H19NO2. The molecule has 0 spiro atoms. The first-order valence-electron chi connectivity index (χ1n) is 4.87. The molecule has 0 bridgehead atoms. The minimum atomic E-state index is 0.111. The molecule has 1 saturated heterocycles. The first-order valence-corrected chi connectivity index (χ1v) is 4.87. The highest BCUT2D eigenvalue weighted by Gasteiger charge is 2.16. The van der Waals surface area contributed by atoms with E-state index in [-0.39, 0.29) is 6.23 Å². The Labute approximate surface area is 74.4 Å². The van der Waals surface area contributed by atoms with Crippen LogP contribution in [-0.4, -0.2) is 18.9 Å². The van der Waals surface area contributed by atoms with Gasteiger partial charge in [0.15, 0.2) is 0 Å². The van der Waals surface area contributed by atoms with Gasteiger partial charge in [-0.15, -0.1) is 0 Å². The minimum absolute atomic E-state index is 0.111. The van der Waals surface area contributed by atoms with Crippen molar-refractivity contribution >= 4 is 0 Å². The molecule has 0 saturated carbocycles. The van der Waals surface area contributed by atoms with E-state index in [1.165, 1.54) is 12.8 Å². The van der Waals surface area contributed by atoms with Crippen molar-refractivity contribution in [1.82, 2.24) is 5.32 Å². The van der Waals surface area contributed by atoms with Crippen LogP contribution in [-0.2, 0) is 9.78 Å². The highest BCUT2D eigenvalue weighted by molar-refractivity contribution is 4.64. The molecule has 1 rings (SSSR count). The Kier molecular flexibility index (Phi) is 4.58. The normalized spacial score (nSPS) is 27.0. The third kappa shape index (κ3) is 3.52. The lowest BCUT2D eigenvalue weighted by Crippen LogP contribution is -2.40. The van der Waals surface area contributed by atoms with Crippen LogP contribution in [0.25, 0.3) is 0 Å². The van der Waals surface area contributed by atoms with Gasteiger partial charge in [-0.05, 0) is 26.2 Å². The summed E-state index contributed by atoms with van der Waals surface area (Å²) in [4.78, 5) is 9.98. The van der Waals surface area contributed by atoms with E-state index in [2.05, 4.69) is 19.2 Å². The van der Waals surface area contributed by atoms with Crippen molar-refractivity contribution in [2.24, 2.45) is 0 Å². The summed E-state index contributed by atoms with van der Waals surface area (Å²) in [6.07, 6.45) is 4.67. The maximum Gasteiger partial charge on any atom is 0.144 e. The summed E-state index contributed by atoms with van der Waals surface area (Å²) in [6.45, 7) is 5.11. The van der Waals surface area contributed by atoms with E-state index in [1.54, 1.807) is 0 Å². The fourth-order valence-electron chi connectivity index (χ4n) is 1.45. The Morgan fingerprint density at radius 2 is 2.42 bits per heavy atom. The lowest BCUT2D eigenvalue weighted by atomic mass is 10.2. The summed E-state index contributed by atoms with van der Waals surface area (Å²) in [5.74, 6) is 0. The fraction of sp³-hybridized carbons (Fsp3) is 1.00. The van der Waals surface area contributed by atoms with Crippen molar-refractivity contribution in [3.8, 4) is 0 Å². The molecule has 1 heterocycles. The second-order valence-electron chi connectivity index (χ2n) is 3.41. The molecule has 0 aromatic carbocycles. The molecule has 1 fully saturated rings. The van der Waals surface area contributed by atoms with Crippen LogP contribution in [0.4, 0.5) is 0 Å². The molecule has 3 nitrogen and oxygen atoms in total. The number of hydrogen-bond donors (Lipinski definition) is 1. The Morgan fingerprint density at radius 1 is 1.58 bits per heavy atom. The fourth-order valence-corrected chi connectivity index (χ4v) is 1.45. The summed E-state index contributed by atoms with van der Waals surface area (Å²) in [5.41, 5.74) is 0. The van der Waals surface area contributed by atoms with Crippen LogP contribution < -0.4 is 5.32 Å². The Bertz CT molecular complexity index is 113. The number of nitrogens with one attached hydrogen (secondary N) is 1. The zero-order chi connectivity index (χ0) is 8.81. The first kappa shape index (κ1) is 9.96. The maximum absolute atomic E-state index is 5.08. The molecule has 12 heavy (non-hydrogen) atoms. The monoisotopic (exact) mass is 173 g/mol. The predicted molar refractivity (Wildman–Crippen MR) is 47.6 cm³/mol. The summed E-state index contributed by atoms with van der Waals surface area (Å²) in [5, 5.41) is 3.37. The molecule has 72 valence electrons. The highest BCUT2D eigenvalue weighted by atomic mass is 17.2. The molecule has 3 heteroatoms. The van der Waals surface area contributed by atoms with E-state index in [4.69, 9.17) is 9.78 Å². The van der Waals surface area contributed by atoms with E-state index in [1.807, 2.05) is 0 Å². The average molecular weight is 173 g/mol. The van der Waals surface area contributed by atoms with Crippen molar-refractivity contribution in [1.29, 1.82) is 0 Å². The molecule has 0 aromatic rings. The van der Waals surface area contributed by atoms with Gasteiger partial charge in [0.1, 0.15) is 6.23 Å². The van der Waals surface area contributed by atoms with Crippen molar-refractivity contribution < 1.29 is 9.78 Å². The van der Waals surface area contributed by atoms with Crippen LogP contribution in [0.5, 0.6) is 0 Å². The highest BCUT2D eigenvalue weighted by Crippen LogP contribution is 2.09. The Morgan fingerprint density at radius 3 is 3.00 bits per heavy atom. The van der Waals surface area contributed by atoms with Crippen LogP contribution in [0.3, 0.4) is 0 Å². The van der Waals surface area contributed by atoms with Crippen molar-refractivity contribution in [2.45, 2.75) is 51.8 Å². The topological polar surface area (TPSA) is 30.5 Å². The van der Waals surface area contributed by atoms with E-state index in [9.17, 15) is 0 Å². The zero-order valence-electron chi connectivity index (χ0n) is 8.01. The average Bonchev–Trinajstić information content (AvgIpc) is 2.06. The molecule has 2 atom stereocenters. The van der Waals surface area contributed by atoms with Gasteiger partial charge >= 0.3 is 0 Å². The van der Waals surface area contributed by atoms with Crippen molar-refractivity contribution in [3.63, 3.8) is 0 Å². The summed E-state index contributed by atoms with van der Waals surface area (Å²) < 4.78 is 0. The molecule has 0 aliphatic carbocycles. The van der Waals surface area contributed by atoms with Gasteiger partial charge in [-0.25, -0.2) is 9.78 Å². The van der Waals surface area contributed by atoms with Crippen LogP contribution in [0, 0.1) is 0 Å².